The van der Waals surface area contributed by atoms with Gasteiger partial charge in [-0.1, -0.05) is 31.8 Å². The maximum Gasteiger partial charge on any atom is 0.332 e. The van der Waals surface area contributed by atoms with Crippen LogP contribution in [-0.4, -0.2) is 28.6 Å². The van der Waals surface area contributed by atoms with Crippen molar-refractivity contribution in [1.29, 1.82) is 0 Å². The topological polar surface area (TPSA) is 74.6 Å². The Bertz CT molecular complexity index is 223. The Morgan fingerprint density at radius 1 is 1.12 bits per heavy atom. The van der Waals surface area contributed by atoms with Gasteiger partial charge in [0.25, 0.3) is 0 Å². The molecule has 0 amide bonds. The number of carboxylic acids is 1. The van der Waals surface area contributed by atoms with Gasteiger partial charge in [-0.25, -0.2) is 4.79 Å². The number of aliphatic carboxylic acids is 1. The fourth-order valence-corrected chi connectivity index (χ4v) is 1.41. The van der Waals surface area contributed by atoms with E-state index in [1.165, 1.54) is 6.08 Å². The summed E-state index contributed by atoms with van der Waals surface area (Å²) in [4.78, 5) is 20.2. The molecule has 0 bridgehead atoms. The summed E-state index contributed by atoms with van der Waals surface area (Å²) in [7, 11) is 0. The lowest BCUT2D eigenvalue weighted by Gasteiger charge is -2.04. The fraction of sp³-hybridized carbons (Fsp3) is 0.667. The number of aliphatic hydroxyl groups excluding tert-OH is 1. The van der Waals surface area contributed by atoms with Crippen LogP contribution < -0.4 is 0 Å². The van der Waals surface area contributed by atoms with Crippen LogP contribution in [0.4, 0.5) is 0 Å². The first kappa shape index (κ1) is 14.8. The van der Waals surface area contributed by atoms with Crippen LogP contribution in [0.15, 0.2) is 12.2 Å². The van der Waals surface area contributed by atoms with E-state index >= 15 is 0 Å². The second-order valence-electron chi connectivity index (χ2n) is 3.76. The highest BCUT2D eigenvalue weighted by atomic mass is 16.4. The Kier molecular flexibility index (Phi) is 9.61. The van der Waals surface area contributed by atoms with Crippen molar-refractivity contribution < 1.29 is 19.8 Å². The molecule has 1 unspecified atom stereocenters. The third kappa shape index (κ3) is 9.40. The zero-order valence-corrected chi connectivity index (χ0v) is 9.47. The molecule has 0 aliphatic carbocycles. The van der Waals surface area contributed by atoms with Gasteiger partial charge in [-0.15, -0.1) is 0 Å². The van der Waals surface area contributed by atoms with Crippen molar-refractivity contribution in [2.45, 2.75) is 51.0 Å². The summed E-state index contributed by atoms with van der Waals surface area (Å²) >= 11 is 0. The molecule has 0 aromatic rings. The molecular weight excluding hydrogens is 208 g/mol. The first-order chi connectivity index (χ1) is 7.68. The Labute approximate surface area is 96.0 Å². The molecule has 0 aliphatic heterocycles. The molecule has 16 heavy (non-hydrogen) atoms. The number of carbonyl (C=O) groups excluding carboxylic acids is 1. The molecule has 0 fully saturated rings. The molecule has 0 aliphatic rings. The van der Waals surface area contributed by atoms with Gasteiger partial charge in [-0.05, 0) is 25.3 Å². The van der Waals surface area contributed by atoms with E-state index in [0.717, 1.165) is 44.8 Å². The summed E-state index contributed by atoms with van der Waals surface area (Å²) in [5.41, 5.74) is 0. The smallest absolute Gasteiger partial charge is 0.332 e. The predicted molar refractivity (Wildman–Crippen MR) is 61.2 cm³/mol. The highest BCUT2D eigenvalue weighted by Gasteiger charge is 2.11. The van der Waals surface area contributed by atoms with Crippen molar-refractivity contribution in [3.63, 3.8) is 0 Å². The summed E-state index contributed by atoms with van der Waals surface area (Å²) in [5, 5.41) is 17.4. The maximum atomic E-state index is 10.3. The van der Waals surface area contributed by atoms with Crippen molar-refractivity contribution in [2.24, 2.45) is 0 Å². The SMILES string of the molecule is O=CC=CCCCCCCCC(O)C(=O)O. The van der Waals surface area contributed by atoms with Crippen LogP contribution in [0.3, 0.4) is 0 Å². The van der Waals surface area contributed by atoms with E-state index in [-0.39, 0.29) is 0 Å². The number of hydrogen-bond acceptors (Lipinski definition) is 3. The molecule has 0 rings (SSSR count). The largest absolute Gasteiger partial charge is 0.479 e. The number of rotatable bonds is 10. The molecule has 4 heteroatoms. The van der Waals surface area contributed by atoms with Crippen molar-refractivity contribution in [2.75, 3.05) is 0 Å². The molecule has 0 heterocycles. The molecule has 2 N–H and O–H groups in total. The molecule has 0 aromatic heterocycles. The fourth-order valence-electron chi connectivity index (χ4n) is 1.41. The van der Waals surface area contributed by atoms with E-state index < -0.39 is 12.1 Å². The lowest BCUT2D eigenvalue weighted by atomic mass is 10.1. The van der Waals surface area contributed by atoms with E-state index in [4.69, 9.17) is 10.2 Å². The number of aldehydes is 1. The van der Waals surface area contributed by atoms with Crippen LogP contribution in [0.25, 0.3) is 0 Å². The first-order valence-corrected chi connectivity index (χ1v) is 5.69. The molecule has 92 valence electrons. The van der Waals surface area contributed by atoms with Crippen molar-refractivity contribution in [3.05, 3.63) is 12.2 Å². The summed E-state index contributed by atoms with van der Waals surface area (Å²) in [6, 6.07) is 0. The zero-order valence-electron chi connectivity index (χ0n) is 9.47. The van der Waals surface area contributed by atoms with Crippen molar-refractivity contribution >= 4 is 12.3 Å². The van der Waals surface area contributed by atoms with Gasteiger partial charge >= 0.3 is 5.97 Å². The Hall–Kier alpha value is -1.16. The molecular formula is C12H20O4. The number of allylic oxidation sites excluding steroid dienone is 2. The minimum absolute atomic E-state index is 0.334. The van der Waals surface area contributed by atoms with Gasteiger partial charge in [0.05, 0.1) is 0 Å². The third-order valence-electron chi connectivity index (χ3n) is 2.35. The van der Waals surface area contributed by atoms with Gasteiger partial charge in [0, 0.05) is 0 Å². The van der Waals surface area contributed by atoms with Gasteiger partial charge in [-0.2, -0.15) is 0 Å². The summed E-state index contributed by atoms with van der Waals surface area (Å²) in [6.45, 7) is 0. The minimum Gasteiger partial charge on any atom is -0.479 e. The highest BCUT2D eigenvalue weighted by Crippen LogP contribution is 2.09. The average Bonchev–Trinajstić information content (AvgIpc) is 2.26. The number of carboxylic acid groups (broad SMARTS) is 1. The van der Waals surface area contributed by atoms with Crippen LogP contribution in [0.2, 0.25) is 0 Å². The lowest BCUT2D eigenvalue weighted by Crippen LogP contribution is -2.18. The molecule has 0 radical (unpaired) electrons. The molecule has 1 atom stereocenters. The van der Waals surface area contributed by atoms with Gasteiger partial charge in [0.15, 0.2) is 6.10 Å². The predicted octanol–water partition coefficient (Wildman–Crippen LogP) is 1.92. The van der Waals surface area contributed by atoms with E-state index in [1.54, 1.807) is 0 Å². The zero-order chi connectivity index (χ0) is 12.2. The van der Waals surface area contributed by atoms with Crippen LogP contribution in [0.5, 0.6) is 0 Å². The second kappa shape index (κ2) is 10.4. The van der Waals surface area contributed by atoms with Crippen LogP contribution in [-0.2, 0) is 9.59 Å². The molecule has 4 nitrogen and oxygen atoms in total. The van der Waals surface area contributed by atoms with E-state index in [0.29, 0.717) is 6.42 Å². The van der Waals surface area contributed by atoms with Crippen LogP contribution in [0, 0.1) is 0 Å². The monoisotopic (exact) mass is 228 g/mol. The Morgan fingerprint density at radius 2 is 1.75 bits per heavy atom. The third-order valence-corrected chi connectivity index (χ3v) is 2.35. The molecule has 0 aromatic carbocycles. The van der Waals surface area contributed by atoms with Gasteiger partial charge in [0.2, 0.25) is 0 Å². The van der Waals surface area contributed by atoms with Crippen molar-refractivity contribution in [3.8, 4) is 0 Å². The second-order valence-corrected chi connectivity index (χ2v) is 3.76. The van der Waals surface area contributed by atoms with Gasteiger partial charge < -0.3 is 10.2 Å². The average molecular weight is 228 g/mol. The number of hydrogen-bond donors (Lipinski definition) is 2. The summed E-state index contributed by atoms with van der Waals surface area (Å²) in [5.74, 6) is -1.14. The lowest BCUT2D eigenvalue weighted by molar-refractivity contribution is -0.146. The standard InChI is InChI=1S/C12H20O4/c13-10-8-6-4-2-1-3-5-7-9-11(14)12(15)16/h6,8,10-11,14H,1-5,7,9H2,(H,15,16). The normalized spacial score (nSPS) is 12.8. The van der Waals surface area contributed by atoms with Crippen molar-refractivity contribution in [1.82, 2.24) is 0 Å². The number of unbranched alkanes of at least 4 members (excludes halogenated alkanes) is 5. The molecule has 0 saturated heterocycles. The minimum atomic E-state index is -1.21. The van der Waals surface area contributed by atoms with Gasteiger partial charge in [-0.3, -0.25) is 4.79 Å². The molecule has 0 spiro atoms. The summed E-state index contributed by atoms with van der Waals surface area (Å²) < 4.78 is 0. The Morgan fingerprint density at radius 3 is 2.38 bits per heavy atom. The Balaban J connectivity index is 3.18. The quantitative estimate of drug-likeness (QED) is 0.340. The maximum absolute atomic E-state index is 10.3. The van der Waals surface area contributed by atoms with Crippen LogP contribution in [0.1, 0.15) is 44.9 Å². The summed E-state index contributed by atoms with van der Waals surface area (Å²) in [6.07, 6.45) is 9.02. The highest BCUT2D eigenvalue weighted by molar-refractivity contribution is 5.71. The first-order valence-electron chi connectivity index (χ1n) is 5.69. The van der Waals surface area contributed by atoms with Gasteiger partial charge in [0.1, 0.15) is 6.29 Å². The van der Waals surface area contributed by atoms with E-state index in [2.05, 4.69) is 0 Å². The van der Waals surface area contributed by atoms with Crippen LogP contribution >= 0.6 is 0 Å². The number of aliphatic hydroxyl groups is 1. The number of carbonyl (C=O) groups is 2. The van der Waals surface area contributed by atoms with E-state index in [9.17, 15) is 9.59 Å². The molecule has 0 saturated carbocycles. The van der Waals surface area contributed by atoms with E-state index in [1.807, 2.05) is 6.08 Å².